The third-order valence-corrected chi connectivity index (χ3v) is 5.02. The van der Waals surface area contributed by atoms with Crippen molar-refractivity contribution in [3.8, 4) is 5.19 Å². The molecular formula is C16H22N4O2S2. The van der Waals surface area contributed by atoms with E-state index < -0.39 is 0 Å². The van der Waals surface area contributed by atoms with Crippen molar-refractivity contribution in [2.75, 3.05) is 24.3 Å². The average Bonchev–Trinajstić information content (AvgIpc) is 2.93. The Kier molecular flexibility index (Phi) is 6.44. The molecule has 2 aromatic rings. The van der Waals surface area contributed by atoms with Crippen LogP contribution in [0.15, 0.2) is 28.6 Å². The minimum Gasteiger partial charge on any atom is -0.466 e. The van der Waals surface area contributed by atoms with Gasteiger partial charge in [-0.05, 0) is 56.4 Å². The van der Waals surface area contributed by atoms with E-state index >= 15 is 0 Å². The van der Waals surface area contributed by atoms with Gasteiger partial charge < -0.3 is 15.0 Å². The van der Waals surface area contributed by atoms with Gasteiger partial charge in [0, 0.05) is 25.5 Å². The minimum absolute atomic E-state index is 0.0571. The van der Waals surface area contributed by atoms with Gasteiger partial charge in [-0.15, -0.1) is 5.10 Å². The number of nitrogens with zero attached hydrogens (tertiary/aromatic N) is 3. The topological polar surface area (TPSA) is 67.3 Å². The average molecular weight is 367 g/mol. The van der Waals surface area contributed by atoms with Crippen molar-refractivity contribution in [1.82, 2.24) is 10.2 Å². The molecule has 0 aliphatic rings. The predicted molar refractivity (Wildman–Crippen MR) is 100 cm³/mol. The molecule has 0 aliphatic heterocycles. The molecule has 0 fully saturated rings. The Morgan fingerprint density at radius 2 is 1.88 bits per heavy atom. The molecular weight excluding hydrogens is 344 g/mol. The van der Waals surface area contributed by atoms with Crippen LogP contribution in [0.1, 0.15) is 20.8 Å². The molecule has 0 spiro atoms. The summed E-state index contributed by atoms with van der Waals surface area (Å²) >= 11 is 2.72. The van der Waals surface area contributed by atoms with Crippen LogP contribution < -0.4 is 15.0 Å². The first-order valence-electron chi connectivity index (χ1n) is 7.60. The molecule has 0 saturated carbocycles. The van der Waals surface area contributed by atoms with Gasteiger partial charge in [-0.3, -0.25) is 4.79 Å². The lowest BCUT2D eigenvalue weighted by molar-refractivity contribution is -0.115. The number of carbonyl (C=O) groups is 1. The Morgan fingerprint density at radius 1 is 1.21 bits per heavy atom. The first-order valence-corrected chi connectivity index (χ1v) is 9.30. The summed E-state index contributed by atoms with van der Waals surface area (Å²) in [5.74, 6) is -0.0702. The maximum absolute atomic E-state index is 12.3. The van der Waals surface area contributed by atoms with Crippen molar-refractivity contribution in [2.24, 2.45) is 0 Å². The van der Waals surface area contributed by atoms with E-state index in [4.69, 9.17) is 4.74 Å². The summed E-state index contributed by atoms with van der Waals surface area (Å²) < 4.78 is 6.21. The zero-order valence-electron chi connectivity index (χ0n) is 14.4. The highest BCUT2D eigenvalue weighted by Crippen LogP contribution is 2.31. The Morgan fingerprint density at radius 3 is 2.46 bits per heavy atom. The summed E-state index contributed by atoms with van der Waals surface area (Å²) in [7, 11) is 3.96. The highest BCUT2D eigenvalue weighted by Gasteiger charge is 2.18. The first-order chi connectivity index (χ1) is 11.3. The normalized spacial score (nSPS) is 12.1. The molecule has 6 nitrogen and oxygen atoms in total. The van der Waals surface area contributed by atoms with Gasteiger partial charge in [0.1, 0.15) is 0 Å². The van der Waals surface area contributed by atoms with Gasteiger partial charge in [-0.2, -0.15) is 0 Å². The number of amides is 1. The molecule has 8 heteroatoms. The molecule has 2 rings (SSSR count). The van der Waals surface area contributed by atoms with Crippen molar-refractivity contribution in [1.29, 1.82) is 0 Å². The third-order valence-electron chi connectivity index (χ3n) is 3.02. The van der Waals surface area contributed by atoms with Crippen LogP contribution in [0.2, 0.25) is 0 Å². The molecule has 0 aliphatic carbocycles. The molecule has 24 heavy (non-hydrogen) atoms. The van der Waals surface area contributed by atoms with Crippen LogP contribution >= 0.6 is 23.1 Å². The summed E-state index contributed by atoms with van der Waals surface area (Å²) in [5.41, 5.74) is 1.86. The zero-order chi connectivity index (χ0) is 17.7. The summed E-state index contributed by atoms with van der Waals surface area (Å²) in [6.45, 7) is 5.72. The molecule has 1 unspecified atom stereocenters. The molecule has 0 bridgehead atoms. The Bertz CT molecular complexity index is 671. The first kappa shape index (κ1) is 18.5. The maximum Gasteiger partial charge on any atom is 0.295 e. The zero-order valence-corrected chi connectivity index (χ0v) is 16.1. The van der Waals surface area contributed by atoms with Gasteiger partial charge in [-0.25, -0.2) is 0 Å². The number of thioether (sulfide) groups is 1. The van der Waals surface area contributed by atoms with Crippen molar-refractivity contribution < 1.29 is 9.53 Å². The summed E-state index contributed by atoms with van der Waals surface area (Å²) in [6, 6.07) is 7.72. The Hall–Kier alpha value is -1.80. The van der Waals surface area contributed by atoms with Crippen molar-refractivity contribution in [3.05, 3.63) is 24.3 Å². The van der Waals surface area contributed by atoms with E-state index in [2.05, 4.69) is 15.5 Å². The number of anilines is 2. The molecule has 1 N–H and O–H groups in total. The van der Waals surface area contributed by atoms with E-state index in [1.165, 1.54) is 23.1 Å². The van der Waals surface area contributed by atoms with Gasteiger partial charge >= 0.3 is 0 Å². The maximum atomic E-state index is 12.3. The molecule has 0 radical (unpaired) electrons. The van der Waals surface area contributed by atoms with E-state index in [1.807, 2.05) is 64.0 Å². The van der Waals surface area contributed by atoms with Crippen molar-refractivity contribution >= 4 is 40.4 Å². The van der Waals surface area contributed by atoms with Crippen LogP contribution in [0.5, 0.6) is 5.19 Å². The SMILES string of the molecule is CC(C)Oc1nnc(SC(C)C(=O)Nc2ccc(N(C)C)cc2)s1. The van der Waals surface area contributed by atoms with Crippen LogP contribution in [-0.4, -0.2) is 41.6 Å². The number of ether oxygens (including phenoxy) is 1. The fourth-order valence-corrected chi connectivity index (χ4v) is 3.73. The molecule has 1 atom stereocenters. The third kappa shape index (κ3) is 5.38. The lowest BCUT2D eigenvalue weighted by Crippen LogP contribution is -2.22. The lowest BCUT2D eigenvalue weighted by Gasteiger charge is -2.14. The monoisotopic (exact) mass is 366 g/mol. The van der Waals surface area contributed by atoms with E-state index in [0.29, 0.717) is 5.19 Å². The molecule has 130 valence electrons. The largest absolute Gasteiger partial charge is 0.466 e. The van der Waals surface area contributed by atoms with Gasteiger partial charge in [0.05, 0.1) is 11.4 Å². The summed E-state index contributed by atoms with van der Waals surface area (Å²) in [4.78, 5) is 14.3. The molecule has 1 aromatic carbocycles. The standard InChI is InChI=1S/C16H22N4O2S2/c1-10(2)22-15-18-19-16(24-15)23-11(3)14(21)17-12-6-8-13(9-7-12)20(4)5/h6-11H,1-5H3,(H,17,21). The van der Waals surface area contributed by atoms with E-state index in [-0.39, 0.29) is 17.3 Å². The Balaban J connectivity index is 1.90. The van der Waals surface area contributed by atoms with Gasteiger partial charge in [0.2, 0.25) is 5.91 Å². The van der Waals surface area contributed by atoms with Crippen LogP contribution in [0.4, 0.5) is 11.4 Å². The van der Waals surface area contributed by atoms with Gasteiger partial charge in [0.25, 0.3) is 5.19 Å². The second kappa shape index (κ2) is 8.34. The molecule has 0 saturated heterocycles. The van der Waals surface area contributed by atoms with Crippen LogP contribution in [0.25, 0.3) is 0 Å². The van der Waals surface area contributed by atoms with E-state index in [1.54, 1.807) is 0 Å². The fraction of sp³-hybridized carbons (Fsp3) is 0.438. The fourth-order valence-electron chi connectivity index (χ4n) is 1.79. The van der Waals surface area contributed by atoms with E-state index in [9.17, 15) is 4.79 Å². The number of benzene rings is 1. The quantitative estimate of drug-likeness (QED) is 0.757. The molecule has 1 amide bonds. The number of rotatable bonds is 7. The summed E-state index contributed by atoms with van der Waals surface area (Å²) in [6.07, 6.45) is 0.0571. The number of carbonyl (C=O) groups excluding carboxylic acids is 1. The predicted octanol–water partition coefficient (Wildman–Crippen LogP) is 3.51. The van der Waals surface area contributed by atoms with Crippen molar-refractivity contribution in [3.63, 3.8) is 0 Å². The van der Waals surface area contributed by atoms with Crippen LogP contribution in [0, 0.1) is 0 Å². The number of aromatic nitrogens is 2. The number of nitrogens with one attached hydrogen (secondary N) is 1. The lowest BCUT2D eigenvalue weighted by atomic mass is 10.2. The summed E-state index contributed by atoms with van der Waals surface area (Å²) in [5, 5.41) is 11.2. The van der Waals surface area contributed by atoms with Crippen LogP contribution in [-0.2, 0) is 4.79 Å². The minimum atomic E-state index is -0.279. The van der Waals surface area contributed by atoms with Gasteiger partial charge in [-0.1, -0.05) is 16.9 Å². The highest BCUT2D eigenvalue weighted by molar-refractivity contribution is 8.02. The Labute approximate surface area is 150 Å². The van der Waals surface area contributed by atoms with Crippen molar-refractivity contribution in [2.45, 2.75) is 36.5 Å². The second-order valence-corrected chi connectivity index (χ2v) is 8.22. The molecule has 1 aromatic heterocycles. The molecule has 1 heterocycles. The highest BCUT2D eigenvalue weighted by atomic mass is 32.2. The van der Waals surface area contributed by atoms with E-state index in [0.717, 1.165) is 15.7 Å². The number of hydrogen-bond donors (Lipinski definition) is 1. The second-order valence-electron chi connectivity index (χ2n) is 5.69. The van der Waals surface area contributed by atoms with Gasteiger partial charge in [0.15, 0.2) is 4.34 Å². The number of hydrogen-bond acceptors (Lipinski definition) is 7. The van der Waals surface area contributed by atoms with Crippen LogP contribution in [0.3, 0.4) is 0 Å². The smallest absolute Gasteiger partial charge is 0.295 e.